The summed E-state index contributed by atoms with van der Waals surface area (Å²) in [5.74, 6) is -2.37. The molecule has 14 nitrogen and oxygen atoms in total. The highest BCUT2D eigenvalue weighted by Crippen LogP contribution is 2.42. The molecule has 4 saturated heterocycles. The molecule has 0 radical (unpaired) electrons. The summed E-state index contributed by atoms with van der Waals surface area (Å²) in [6, 6.07) is 25.0. The average molecular weight is 1060 g/mol. The zero-order valence-corrected chi connectivity index (χ0v) is 44.2. The van der Waals surface area contributed by atoms with Crippen LogP contribution < -0.4 is 5.32 Å². The number of rotatable bonds is 14. The van der Waals surface area contributed by atoms with Crippen molar-refractivity contribution in [3.8, 4) is 46.5 Å². The summed E-state index contributed by atoms with van der Waals surface area (Å²) in [5.41, 5.74) is 1.69. The Labute approximate surface area is 438 Å². The predicted octanol–water partition coefficient (Wildman–Crippen LogP) is 9.53. The van der Waals surface area contributed by atoms with Crippen LogP contribution in [-0.2, 0) is 46.8 Å². The van der Waals surface area contributed by atoms with Crippen molar-refractivity contribution in [2.75, 3.05) is 12.5 Å². The van der Waals surface area contributed by atoms with Gasteiger partial charge in [0.05, 0.1) is 57.0 Å². The molecule has 4 aromatic rings. The first kappa shape index (κ1) is 55.9. The first-order chi connectivity index (χ1) is 35.4. The van der Waals surface area contributed by atoms with Crippen LogP contribution in [-0.4, -0.2) is 81.7 Å². The normalized spacial score (nSPS) is 21.7. The molecule has 0 unspecified atom stereocenters. The maximum absolute atomic E-state index is 15.2. The maximum atomic E-state index is 15.2. The second kappa shape index (κ2) is 23.0. The van der Waals surface area contributed by atoms with E-state index in [0.717, 1.165) is 63.9 Å². The van der Waals surface area contributed by atoms with E-state index in [-0.39, 0.29) is 81.7 Å². The van der Waals surface area contributed by atoms with E-state index in [4.69, 9.17) is 4.74 Å². The van der Waals surface area contributed by atoms with Gasteiger partial charge in [-0.3, -0.25) is 14.5 Å². The van der Waals surface area contributed by atoms with Gasteiger partial charge in [-0.05, 0) is 167 Å². The van der Waals surface area contributed by atoms with Gasteiger partial charge >= 0.3 is 6.09 Å². The van der Waals surface area contributed by atoms with Crippen molar-refractivity contribution in [2.45, 2.75) is 137 Å². The van der Waals surface area contributed by atoms with E-state index in [2.05, 4.69) is 17.5 Å². The van der Waals surface area contributed by atoms with Gasteiger partial charge in [-0.2, -0.15) is 21.0 Å². The van der Waals surface area contributed by atoms with Crippen LogP contribution in [0.3, 0.4) is 0 Å². The van der Waals surface area contributed by atoms with Gasteiger partial charge in [0.1, 0.15) is 29.4 Å². The fraction of sp³-hybridized carbons (Fsp3) is 0.456. The molecule has 4 aromatic carbocycles. The van der Waals surface area contributed by atoms with Gasteiger partial charge in [0.15, 0.2) is 31.2 Å². The number of ketones is 2. The summed E-state index contributed by atoms with van der Waals surface area (Å²) < 4.78 is 84.1. The number of nitrogens with zero attached hydrogens (tertiary/aromatic N) is 5. The van der Waals surface area contributed by atoms with E-state index in [9.17, 15) is 56.7 Å². The van der Waals surface area contributed by atoms with Crippen molar-refractivity contribution < 1.29 is 44.7 Å². The molecule has 4 heterocycles. The molecule has 1 amide bonds. The van der Waals surface area contributed by atoms with Gasteiger partial charge in [-0.15, -0.1) is 0 Å². The highest BCUT2D eigenvalue weighted by Gasteiger charge is 2.49. The minimum atomic E-state index is -3.67. The highest BCUT2D eigenvalue weighted by atomic mass is 32.2. The van der Waals surface area contributed by atoms with Crippen molar-refractivity contribution in [1.82, 2.24) is 10.2 Å². The summed E-state index contributed by atoms with van der Waals surface area (Å²) in [5, 5.41) is 41.3. The van der Waals surface area contributed by atoms with Gasteiger partial charge in [-0.25, -0.2) is 30.4 Å². The second-order valence-corrected chi connectivity index (χ2v) is 25.3. The molecule has 0 spiro atoms. The number of hydrogen-bond donors (Lipinski definition) is 1. The number of carbonyl (C=O) groups is 3. The van der Waals surface area contributed by atoms with Crippen molar-refractivity contribution >= 4 is 37.3 Å². The standard InChI is InChI=1S/C31H34FN3O5S.C26H26FN3O3S/c1-31(2,3)40-30(37)35-25-11-9-20(10-12-25)29(35)27(36)14-19(17-33)13-23-7-5-21(15-26(23)32)22-6-8-24(18-34)28(16-22)41(4,38)39;1-34(32,33)25-13-19(3-5-21(25)15-29)18-2-4-20(23(27)12-18)10-16(14-28)11-24(31)26-17-6-8-22(30-26)9-7-17/h5-8,15-16,19-20,25,29H,9-14H2,1-4H3;2-5,12-13,16-17,22,26,30H,6-11H2,1H3/t19-,20?,25?,29+;16-,17?,22?,26+/m11/s1. The van der Waals surface area contributed by atoms with Crippen LogP contribution in [0.1, 0.15) is 107 Å². The second-order valence-electron chi connectivity index (χ2n) is 21.4. The van der Waals surface area contributed by atoms with Crippen molar-refractivity contribution in [2.24, 2.45) is 23.7 Å². The third kappa shape index (κ3) is 13.4. The molecular weight excluding hydrogens is 999 g/mol. The number of hydrogen-bond acceptors (Lipinski definition) is 13. The molecule has 4 aliphatic heterocycles. The topological polar surface area (TPSA) is 239 Å². The number of halogens is 2. The number of ether oxygens (including phenoxy) is 1. The molecule has 0 aromatic heterocycles. The molecule has 6 fully saturated rings. The Morgan fingerprint density at radius 3 is 1.45 bits per heavy atom. The summed E-state index contributed by atoms with van der Waals surface area (Å²) >= 11 is 0. The molecule has 4 atom stereocenters. The average Bonchev–Trinajstić information content (AvgIpc) is 3.38. The number of amides is 1. The third-order valence-electron chi connectivity index (χ3n) is 14.8. The molecule has 392 valence electrons. The lowest BCUT2D eigenvalue weighted by atomic mass is 9.72. The van der Waals surface area contributed by atoms with Gasteiger partial charge in [0.25, 0.3) is 0 Å². The fourth-order valence-electron chi connectivity index (χ4n) is 11.1. The lowest BCUT2D eigenvalue weighted by Crippen LogP contribution is -2.61. The van der Waals surface area contributed by atoms with Crippen LogP contribution >= 0.6 is 0 Å². The summed E-state index contributed by atoms with van der Waals surface area (Å²) in [6.45, 7) is 5.34. The molecular formula is C57H60F2N6O8S2. The van der Waals surface area contributed by atoms with Gasteiger partial charge in [0, 0.05) is 37.4 Å². The summed E-state index contributed by atoms with van der Waals surface area (Å²) in [6.07, 6.45) is 9.20. The Bertz CT molecular complexity index is 3280. The van der Waals surface area contributed by atoms with E-state index < -0.39 is 60.9 Å². The molecule has 2 aliphatic carbocycles. The minimum Gasteiger partial charge on any atom is -0.444 e. The molecule has 18 heteroatoms. The van der Waals surface area contributed by atoms with Crippen molar-refractivity contribution in [3.63, 3.8) is 0 Å². The van der Waals surface area contributed by atoms with Crippen LogP contribution in [0.5, 0.6) is 0 Å². The zero-order valence-electron chi connectivity index (χ0n) is 42.6. The Morgan fingerprint density at radius 2 is 1.07 bits per heavy atom. The number of fused-ring (bicyclic) bond motifs is 6. The van der Waals surface area contributed by atoms with Crippen LogP contribution in [0.2, 0.25) is 0 Å². The Kier molecular flexibility index (Phi) is 17.1. The molecule has 1 N–H and O–H groups in total. The number of piperidine rings is 4. The van der Waals surface area contributed by atoms with Gasteiger partial charge in [0.2, 0.25) is 0 Å². The lowest BCUT2D eigenvalue weighted by molar-refractivity contribution is -0.133. The van der Waals surface area contributed by atoms with Crippen LogP contribution in [0, 0.1) is 80.6 Å². The monoisotopic (exact) mass is 1060 g/mol. The predicted molar refractivity (Wildman–Crippen MR) is 274 cm³/mol. The first-order valence-corrected chi connectivity index (χ1v) is 28.9. The Hall–Kier alpha value is -6.83. The largest absolute Gasteiger partial charge is 0.444 e. The SMILES string of the molecule is CC(C)(C)OC(=O)N1C2CCC(CC2)[C@H]1C(=O)C[C@H](C#N)Cc1ccc(-c2ccc(C#N)c(S(C)(=O)=O)c2)cc1F.CS(=O)(=O)c1cc(-c2ccc(C[C@@H](C#N)CC(=O)[C@H]3NC4CCC3CC4)c(F)c2)ccc1C#N. The van der Waals surface area contributed by atoms with E-state index in [1.54, 1.807) is 56.0 Å². The smallest absolute Gasteiger partial charge is 0.411 e. The summed E-state index contributed by atoms with van der Waals surface area (Å²) in [4.78, 5) is 40.8. The van der Waals surface area contributed by atoms with E-state index in [1.807, 2.05) is 12.1 Å². The number of nitrogens with one attached hydrogen (secondary N) is 1. The van der Waals surface area contributed by atoms with Crippen LogP contribution in [0.4, 0.5) is 13.6 Å². The Balaban J connectivity index is 0.000000222. The minimum absolute atomic E-state index is 0.00354. The lowest BCUT2D eigenvalue weighted by Gasteiger charge is -2.50. The third-order valence-corrected chi connectivity index (χ3v) is 17.1. The van der Waals surface area contributed by atoms with E-state index >= 15 is 4.39 Å². The number of Topliss-reactive ketones (excluding diaryl/α,β-unsaturated/α-hetero) is 2. The van der Waals surface area contributed by atoms with Gasteiger partial charge < -0.3 is 10.1 Å². The maximum Gasteiger partial charge on any atom is 0.411 e. The van der Waals surface area contributed by atoms with Crippen LogP contribution in [0.25, 0.3) is 22.3 Å². The molecule has 6 aliphatic rings. The molecule has 4 bridgehead atoms. The molecule has 2 saturated carbocycles. The quantitative estimate of drug-likeness (QED) is 0.124. The van der Waals surface area contributed by atoms with Crippen molar-refractivity contribution in [3.05, 3.63) is 107 Å². The number of sulfone groups is 2. The fourth-order valence-corrected chi connectivity index (χ4v) is 12.8. The van der Waals surface area contributed by atoms with E-state index in [0.29, 0.717) is 39.8 Å². The number of carbonyl (C=O) groups excluding carboxylic acids is 3. The van der Waals surface area contributed by atoms with E-state index in [1.165, 1.54) is 42.5 Å². The van der Waals surface area contributed by atoms with Crippen molar-refractivity contribution in [1.29, 1.82) is 21.0 Å². The number of benzene rings is 4. The number of nitriles is 4. The molecule has 75 heavy (non-hydrogen) atoms. The molecule has 10 rings (SSSR count). The van der Waals surface area contributed by atoms with Gasteiger partial charge in [-0.1, -0.05) is 36.4 Å². The first-order valence-electron chi connectivity index (χ1n) is 25.1. The highest BCUT2D eigenvalue weighted by molar-refractivity contribution is 7.91. The summed E-state index contributed by atoms with van der Waals surface area (Å²) in [7, 11) is -7.30. The zero-order chi connectivity index (χ0) is 54.6. The van der Waals surface area contributed by atoms with Crippen LogP contribution in [0.15, 0.2) is 82.6 Å². The Morgan fingerprint density at radius 1 is 0.640 bits per heavy atom.